The second-order valence-electron chi connectivity index (χ2n) is 5.96. The molecule has 4 N–H and O–H groups in total. The number of carbonyl (C=O) groups is 2. The molecule has 0 heterocycles. The minimum Gasteiger partial charge on any atom is -0.480 e. The molecule has 1 atom stereocenters. The van der Waals surface area contributed by atoms with Crippen molar-refractivity contribution in [3.8, 4) is 0 Å². The van der Waals surface area contributed by atoms with Crippen molar-refractivity contribution in [2.24, 2.45) is 5.73 Å². The lowest BCUT2D eigenvalue weighted by molar-refractivity contribution is -0.141. The molecule has 0 rings (SSSR count). The van der Waals surface area contributed by atoms with Gasteiger partial charge in [-0.3, -0.25) is 9.59 Å². The highest BCUT2D eigenvalue weighted by Gasteiger charge is 2.18. The SMILES string of the molecule is CCCCCCCCCCOCCCNC(CC(N)=O)C(=O)O. The summed E-state index contributed by atoms with van der Waals surface area (Å²) in [6.07, 6.45) is 10.8. The first kappa shape index (κ1) is 21.9. The van der Waals surface area contributed by atoms with Crippen LogP contribution in [-0.2, 0) is 14.3 Å². The molecule has 0 aliphatic heterocycles. The van der Waals surface area contributed by atoms with Crippen molar-refractivity contribution in [1.29, 1.82) is 0 Å². The van der Waals surface area contributed by atoms with Crippen LogP contribution in [0.3, 0.4) is 0 Å². The molecule has 1 unspecified atom stereocenters. The van der Waals surface area contributed by atoms with E-state index in [0.717, 1.165) is 19.4 Å². The Morgan fingerprint density at radius 2 is 1.57 bits per heavy atom. The molecule has 0 saturated carbocycles. The summed E-state index contributed by atoms with van der Waals surface area (Å²) in [5.74, 6) is -1.67. The van der Waals surface area contributed by atoms with E-state index in [4.69, 9.17) is 15.6 Å². The van der Waals surface area contributed by atoms with Crippen molar-refractivity contribution >= 4 is 11.9 Å². The van der Waals surface area contributed by atoms with Crippen LogP contribution in [0.5, 0.6) is 0 Å². The van der Waals surface area contributed by atoms with Crippen LogP contribution in [-0.4, -0.2) is 42.8 Å². The lowest BCUT2D eigenvalue weighted by Crippen LogP contribution is -2.40. The van der Waals surface area contributed by atoms with E-state index < -0.39 is 17.9 Å². The highest BCUT2D eigenvalue weighted by Crippen LogP contribution is 2.08. The fourth-order valence-corrected chi connectivity index (χ4v) is 2.34. The Balaban J connectivity index is 3.32. The van der Waals surface area contributed by atoms with Crippen LogP contribution >= 0.6 is 0 Å². The van der Waals surface area contributed by atoms with Crippen LogP contribution in [0.4, 0.5) is 0 Å². The van der Waals surface area contributed by atoms with Gasteiger partial charge in [-0.1, -0.05) is 51.9 Å². The molecule has 0 fully saturated rings. The molecule has 0 aromatic rings. The summed E-state index contributed by atoms with van der Waals surface area (Å²) in [6, 6.07) is -0.903. The number of nitrogens with two attached hydrogens (primary N) is 1. The predicted octanol–water partition coefficient (Wildman–Crippen LogP) is 2.45. The van der Waals surface area contributed by atoms with E-state index in [-0.39, 0.29) is 6.42 Å². The third-order valence-electron chi connectivity index (χ3n) is 3.70. The van der Waals surface area contributed by atoms with Crippen molar-refractivity contribution in [1.82, 2.24) is 5.32 Å². The molecule has 0 spiro atoms. The number of nitrogens with one attached hydrogen (secondary N) is 1. The number of carboxylic acids is 1. The van der Waals surface area contributed by atoms with Crippen molar-refractivity contribution in [2.45, 2.75) is 77.2 Å². The Labute approximate surface area is 140 Å². The van der Waals surface area contributed by atoms with Gasteiger partial charge in [-0.15, -0.1) is 0 Å². The van der Waals surface area contributed by atoms with Crippen molar-refractivity contribution in [3.63, 3.8) is 0 Å². The number of aliphatic carboxylic acids is 1. The average Bonchev–Trinajstić information content (AvgIpc) is 2.50. The predicted molar refractivity (Wildman–Crippen MR) is 91.3 cm³/mol. The highest BCUT2D eigenvalue weighted by molar-refractivity contribution is 5.83. The van der Waals surface area contributed by atoms with Crippen LogP contribution < -0.4 is 11.1 Å². The molecular weight excluding hydrogens is 296 g/mol. The number of unbranched alkanes of at least 4 members (excludes halogenated alkanes) is 7. The number of amides is 1. The third kappa shape index (κ3) is 15.5. The van der Waals surface area contributed by atoms with Gasteiger partial charge in [-0.2, -0.15) is 0 Å². The maximum atomic E-state index is 10.9. The van der Waals surface area contributed by atoms with Crippen molar-refractivity contribution in [3.05, 3.63) is 0 Å². The number of hydrogen-bond acceptors (Lipinski definition) is 4. The second-order valence-corrected chi connectivity index (χ2v) is 5.96. The number of carboxylic acid groups (broad SMARTS) is 1. The van der Waals surface area contributed by atoms with Gasteiger partial charge in [0.1, 0.15) is 6.04 Å². The monoisotopic (exact) mass is 330 g/mol. The van der Waals surface area contributed by atoms with Crippen molar-refractivity contribution < 1.29 is 19.4 Å². The summed E-state index contributed by atoms with van der Waals surface area (Å²) < 4.78 is 5.52. The van der Waals surface area contributed by atoms with Gasteiger partial charge in [0.25, 0.3) is 0 Å². The fraction of sp³-hybridized carbons (Fsp3) is 0.882. The van der Waals surface area contributed by atoms with Crippen LogP contribution in [0, 0.1) is 0 Å². The maximum absolute atomic E-state index is 10.9. The molecular formula is C17H34N2O4. The van der Waals surface area contributed by atoms with Gasteiger partial charge in [0.2, 0.25) is 5.91 Å². The van der Waals surface area contributed by atoms with Crippen LogP contribution in [0.1, 0.15) is 71.1 Å². The minimum atomic E-state index is -1.05. The van der Waals surface area contributed by atoms with Crippen LogP contribution in [0.25, 0.3) is 0 Å². The molecule has 6 nitrogen and oxygen atoms in total. The normalized spacial score (nSPS) is 12.2. The first-order valence-electron chi connectivity index (χ1n) is 8.90. The van der Waals surface area contributed by atoms with Gasteiger partial charge in [0.15, 0.2) is 0 Å². The molecule has 1 amide bonds. The Morgan fingerprint density at radius 3 is 2.13 bits per heavy atom. The van der Waals surface area contributed by atoms with Crippen molar-refractivity contribution in [2.75, 3.05) is 19.8 Å². The fourth-order valence-electron chi connectivity index (χ4n) is 2.34. The highest BCUT2D eigenvalue weighted by atomic mass is 16.5. The summed E-state index contributed by atoms with van der Waals surface area (Å²) in [5, 5.41) is 11.7. The molecule has 0 aromatic carbocycles. The van der Waals surface area contributed by atoms with Gasteiger partial charge in [-0.05, 0) is 19.4 Å². The molecule has 6 heteroatoms. The van der Waals surface area contributed by atoms with E-state index in [1.54, 1.807) is 0 Å². The van der Waals surface area contributed by atoms with E-state index in [1.165, 1.54) is 44.9 Å². The third-order valence-corrected chi connectivity index (χ3v) is 3.70. The quantitative estimate of drug-likeness (QED) is 0.356. The smallest absolute Gasteiger partial charge is 0.321 e. The molecule has 0 bridgehead atoms. The van der Waals surface area contributed by atoms with E-state index >= 15 is 0 Å². The number of ether oxygens (including phenoxy) is 1. The molecule has 136 valence electrons. The molecule has 0 aliphatic rings. The second kappa shape index (κ2) is 15.7. The van der Waals surface area contributed by atoms with Gasteiger partial charge >= 0.3 is 5.97 Å². The van der Waals surface area contributed by atoms with E-state index in [2.05, 4.69) is 12.2 Å². The number of primary amides is 1. The Morgan fingerprint density at radius 1 is 1.00 bits per heavy atom. The van der Waals surface area contributed by atoms with E-state index in [9.17, 15) is 9.59 Å². The first-order valence-corrected chi connectivity index (χ1v) is 8.90. The molecule has 0 saturated heterocycles. The van der Waals surface area contributed by atoms with Crippen LogP contribution in [0.2, 0.25) is 0 Å². The summed E-state index contributed by atoms with van der Waals surface area (Å²) in [7, 11) is 0. The topological polar surface area (TPSA) is 102 Å². The van der Waals surface area contributed by atoms with Gasteiger partial charge < -0.3 is 20.9 Å². The zero-order valence-electron chi connectivity index (χ0n) is 14.5. The van der Waals surface area contributed by atoms with E-state index in [1.807, 2.05) is 0 Å². The summed E-state index contributed by atoms with van der Waals surface area (Å²) in [5.41, 5.74) is 5.01. The lowest BCUT2D eigenvalue weighted by atomic mass is 10.1. The molecule has 0 aliphatic carbocycles. The summed E-state index contributed by atoms with van der Waals surface area (Å²) in [6.45, 7) is 4.10. The first-order chi connectivity index (χ1) is 11.1. The van der Waals surface area contributed by atoms with Gasteiger partial charge in [-0.25, -0.2) is 0 Å². The largest absolute Gasteiger partial charge is 0.480 e. The van der Waals surface area contributed by atoms with Gasteiger partial charge in [0, 0.05) is 13.2 Å². The number of hydrogen-bond donors (Lipinski definition) is 3. The maximum Gasteiger partial charge on any atom is 0.321 e. The Kier molecular flexibility index (Phi) is 15.0. The average molecular weight is 330 g/mol. The van der Waals surface area contributed by atoms with Crippen LogP contribution in [0.15, 0.2) is 0 Å². The summed E-state index contributed by atoms with van der Waals surface area (Å²) in [4.78, 5) is 21.6. The molecule has 23 heavy (non-hydrogen) atoms. The standard InChI is InChI=1S/C17H34N2O4/c1-2-3-4-5-6-7-8-9-12-23-13-10-11-19-15(17(21)22)14-16(18)20/h15,19H,2-14H2,1H3,(H2,18,20)(H,21,22). The van der Waals surface area contributed by atoms with E-state index in [0.29, 0.717) is 13.2 Å². The number of carbonyl (C=O) groups excluding carboxylic acids is 1. The number of rotatable bonds is 17. The zero-order chi connectivity index (χ0) is 17.3. The molecule has 0 aromatic heterocycles. The minimum absolute atomic E-state index is 0.186. The zero-order valence-corrected chi connectivity index (χ0v) is 14.5. The Hall–Kier alpha value is -1.14. The lowest BCUT2D eigenvalue weighted by Gasteiger charge is -2.12. The Bertz CT molecular complexity index is 311. The molecule has 0 radical (unpaired) electrons. The summed E-state index contributed by atoms with van der Waals surface area (Å²) >= 11 is 0. The van der Waals surface area contributed by atoms with Gasteiger partial charge in [0.05, 0.1) is 6.42 Å².